The average Bonchev–Trinajstić information content (AvgIpc) is 2.95. The van der Waals surface area contributed by atoms with Gasteiger partial charge < -0.3 is 0 Å². The van der Waals surface area contributed by atoms with Crippen molar-refractivity contribution in [2.24, 2.45) is 0 Å². The Morgan fingerprint density at radius 1 is 0.529 bits per heavy atom. The molecule has 1 heterocycles. The fourth-order valence-electron chi connectivity index (χ4n) is 4.15. The van der Waals surface area contributed by atoms with Crippen LogP contribution in [-0.2, 0) is 0 Å². The number of fused-ring (bicyclic) bond motifs is 2. The van der Waals surface area contributed by atoms with Crippen LogP contribution < -0.4 is 7.16 Å². The Bertz CT molecular complexity index is 1220. The topological polar surface area (TPSA) is 0 Å². The van der Waals surface area contributed by atoms with E-state index in [-0.39, 0.29) is 7.43 Å². The van der Waals surface area contributed by atoms with Gasteiger partial charge in [0.2, 0.25) is 0 Å². The van der Waals surface area contributed by atoms with E-state index in [1.807, 2.05) is 36.4 Å². The molecule has 5 rings (SSSR count). The average molecular weight is 681 g/mol. The SMILES string of the molecule is Brc1ccccc1/C=C\c1ccccc1Br.C.[CH3][Sn]1([CH3])[c]2ccccc2C=Cc2cccc[c]21. The molecule has 0 bridgehead atoms. The van der Waals surface area contributed by atoms with Gasteiger partial charge in [-0.2, -0.15) is 0 Å². The second-order valence-electron chi connectivity index (χ2n) is 8.51. The van der Waals surface area contributed by atoms with Gasteiger partial charge in [-0.3, -0.25) is 0 Å². The molecule has 0 radical (unpaired) electrons. The predicted molar refractivity (Wildman–Crippen MR) is 163 cm³/mol. The van der Waals surface area contributed by atoms with Gasteiger partial charge in [0, 0.05) is 8.95 Å². The van der Waals surface area contributed by atoms with Gasteiger partial charge in [0.25, 0.3) is 0 Å². The number of rotatable bonds is 2. The summed E-state index contributed by atoms with van der Waals surface area (Å²) < 4.78 is 5.45. The van der Waals surface area contributed by atoms with E-state index in [1.165, 1.54) is 22.3 Å². The van der Waals surface area contributed by atoms with Crippen molar-refractivity contribution in [2.75, 3.05) is 0 Å². The zero-order valence-corrected chi connectivity index (χ0v) is 24.8. The molecule has 0 saturated heterocycles. The van der Waals surface area contributed by atoms with Gasteiger partial charge in [-0.05, 0) is 23.3 Å². The van der Waals surface area contributed by atoms with Crippen LogP contribution in [0.15, 0.2) is 106 Å². The van der Waals surface area contributed by atoms with Gasteiger partial charge in [0.05, 0.1) is 0 Å². The van der Waals surface area contributed by atoms with E-state index < -0.39 is 18.4 Å². The van der Waals surface area contributed by atoms with Gasteiger partial charge in [-0.25, -0.2) is 0 Å². The molecule has 4 aromatic rings. The standard InChI is InChI=1S/C14H10Br2.C14H10.CH4.2CH3.Sn/c15-13-7-3-1-5-11(13)9-10-12-6-2-4-8-14(12)16;1-3-7-13(8-4-1)11-12-14-9-5-2-6-10-14;;;;/h1-10H;1-7,9,11-12H;1H4;2*1H3;/b10-9-;;;;;. The fourth-order valence-corrected chi connectivity index (χ4v) is 13.8. The van der Waals surface area contributed by atoms with Crippen molar-refractivity contribution in [2.45, 2.75) is 17.3 Å². The zero-order chi connectivity index (χ0) is 23.3. The molecule has 0 aliphatic carbocycles. The summed E-state index contributed by atoms with van der Waals surface area (Å²) in [5.74, 6) is 0. The van der Waals surface area contributed by atoms with Crippen molar-refractivity contribution in [1.82, 2.24) is 0 Å². The third kappa shape index (κ3) is 6.21. The van der Waals surface area contributed by atoms with Crippen molar-refractivity contribution in [1.29, 1.82) is 0 Å². The second kappa shape index (κ2) is 12.2. The van der Waals surface area contributed by atoms with Gasteiger partial charge in [0.1, 0.15) is 0 Å². The summed E-state index contributed by atoms with van der Waals surface area (Å²) >= 11 is 4.68. The number of halogens is 2. The summed E-state index contributed by atoms with van der Waals surface area (Å²) in [5, 5.41) is 0. The Morgan fingerprint density at radius 2 is 0.882 bits per heavy atom. The molecule has 0 atom stereocenters. The molecule has 1 aliphatic heterocycles. The van der Waals surface area contributed by atoms with E-state index in [1.54, 1.807) is 7.16 Å². The van der Waals surface area contributed by atoms with Crippen molar-refractivity contribution < 1.29 is 0 Å². The van der Waals surface area contributed by atoms with Crippen LogP contribution in [-0.4, -0.2) is 18.4 Å². The summed E-state index contributed by atoms with van der Waals surface area (Å²) in [5.41, 5.74) is 5.20. The Hall–Kier alpha value is -1.88. The molecule has 0 amide bonds. The Kier molecular flexibility index (Phi) is 9.58. The molecular weight excluding hydrogens is 651 g/mol. The summed E-state index contributed by atoms with van der Waals surface area (Å²) in [4.78, 5) is 5.03. The second-order valence-corrected chi connectivity index (χ2v) is 22.6. The predicted octanol–water partition coefficient (Wildman–Crippen LogP) is 9.01. The van der Waals surface area contributed by atoms with Crippen LogP contribution in [0.25, 0.3) is 24.3 Å². The zero-order valence-electron chi connectivity index (χ0n) is 18.8. The van der Waals surface area contributed by atoms with Crippen molar-refractivity contribution in [3.63, 3.8) is 0 Å². The first-order valence-corrected chi connectivity index (χ1v) is 21.2. The first kappa shape index (κ1) is 26.7. The molecule has 34 heavy (non-hydrogen) atoms. The third-order valence-electron chi connectivity index (χ3n) is 5.96. The van der Waals surface area contributed by atoms with Gasteiger partial charge >= 0.3 is 107 Å². The Morgan fingerprint density at radius 3 is 1.29 bits per heavy atom. The van der Waals surface area contributed by atoms with E-state index in [0.29, 0.717) is 0 Å². The number of hydrogen-bond acceptors (Lipinski definition) is 0. The van der Waals surface area contributed by atoms with Gasteiger partial charge in [-0.1, -0.05) is 87.8 Å². The summed E-state index contributed by atoms with van der Waals surface area (Å²) in [6.07, 6.45) is 8.76. The van der Waals surface area contributed by atoms with Crippen LogP contribution >= 0.6 is 31.9 Å². The van der Waals surface area contributed by atoms with Crippen LogP contribution in [0.3, 0.4) is 0 Å². The minimum atomic E-state index is -2.37. The normalized spacial score (nSPS) is 13.1. The molecule has 0 N–H and O–H groups in total. The first-order chi connectivity index (χ1) is 16.0. The van der Waals surface area contributed by atoms with Crippen LogP contribution in [0.4, 0.5) is 0 Å². The molecule has 0 unspecified atom stereocenters. The molecule has 172 valence electrons. The number of hydrogen-bond donors (Lipinski definition) is 0. The molecule has 0 nitrogen and oxygen atoms in total. The van der Waals surface area contributed by atoms with Crippen LogP contribution in [0, 0.1) is 0 Å². The van der Waals surface area contributed by atoms with Gasteiger partial charge in [-0.15, -0.1) is 0 Å². The van der Waals surface area contributed by atoms with E-state index in [0.717, 1.165) is 8.95 Å². The summed E-state index contributed by atoms with van der Waals surface area (Å²) in [7, 11) is 0. The van der Waals surface area contributed by atoms with E-state index in [9.17, 15) is 0 Å². The van der Waals surface area contributed by atoms with Crippen molar-refractivity contribution >= 4 is 81.7 Å². The molecule has 0 aromatic heterocycles. The van der Waals surface area contributed by atoms with Gasteiger partial charge in [0.15, 0.2) is 0 Å². The van der Waals surface area contributed by atoms with Crippen molar-refractivity contribution in [3.8, 4) is 0 Å². The van der Waals surface area contributed by atoms with E-state index in [2.05, 4.69) is 127 Å². The summed E-state index contributed by atoms with van der Waals surface area (Å²) in [6, 6.07) is 34.1. The van der Waals surface area contributed by atoms with Crippen LogP contribution in [0.1, 0.15) is 29.7 Å². The van der Waals surface area contributed by atoms with Crippen LogP contribution in [0.5, 0.6) is 0 Å². The number of benzene rings is 4. The Labute approximate surface area is 225 Å². The molecule has 0 fully saturated rings. The van der Waals surface area contributed by atoms with Crippen LogP contribution in [0.2, 0.25) is 9.88 Å². The third-order valence-corrected chi connectivity index (χ3v) is 17.7. The first-order valence-electron chi connectivity index (χ1n) is 11.0. The summed E-state index contributed by atoms with van der Waals surface area (Å²) in [6.45, 7) is 0. The molecular formula is C31H30Br2Sn. The minimum absolute atomic E-state index is 0. The Balaban J connectivity index is 0.000000186. The molecule has 0 saturated carbocycles. The maximum absolute atomic E-state index is 3.53. The molecule has 0 spiro atoms. The maximum atomic E-state index is 3.53. The van der Waals surface area contributed by atoms with Crippen molar-refractivity contribution in [3.05, 3.63) is 128 Å². The van der Waals surface area contributed by atoms with E-state index >= 15 is 0 Å². The molecule has 1 aliphatic rings. The fraction of sp³-hybridized carbons (Fsp3) is 0.0968. The molecule has 3 heteroatoms. The van der Waals surface area contributed by atoms with E-state index in [4.69, 9.17) is 0 Å². The monoisotopic (exact) mass is 680 g/mol. The quantitative estimate of drug-likeness (QED) is 0.147. The molecule has 4 aromatic carbocycles.